The summed E-state index contributed by atoms with van der Waals surface area (Å²) in [7, 11) is 0. The molecule has 0 amide bonds. The van der Waals surface area contributed by atoms with Crippen molar-refractivity contribution in [3.05, 3.63) is 97.2 Å². The molecule has 1 atom stereocenters. The molecule has 62 heavy (non-hydrogen) atoms. The molecule has 0 aromatic rings. The van der Waals surface area contributed by atoms with Gasteiger partial charge in [0.15, 0.2) is 6.10 Å². The third-order valence-electron chi connectivity index (χ3n) is 10.4. The van der Waals surface area contributed by atoms with Gasteiger partial charge in [0.1, 0.15) is 13.2 Å². The largest absolute Gasteiger partial charge is 0.462 e. The van der Waals surface area contributed by atoms with Crippen LogP contribution in [-0.2, 0) is 28.6 Å². The Morgan fingerprint density at radius 2 is 0.710 bits per heavy atom. The molecular formula is C56H92O6. The Morgan fingerprint density at radius 1 is 0.355 bits per heavy atom. The summed E-state index contributed by atoms with van der Waals surface area (Å²) in [5.74, 6) is -0.971. The van der Waals surface area contributed by atoms with Gasteiger partial charge in [-0.25, -0.2) is 0 Å². The van der Waals surface area contributed by atoms with Crippen LogP contribution in [0.5, 0.6) is 0 Å². The second kappa shape index (κ2) is 50.0. The van der Waals surface area contributed by atoms with Crippen molar-refractivity contribution >= 4 is 17.9 Å². The molecule has 0 heterocycles. The van der Waals surface area contributed by atoms with Gasteiger partial charge in [0.25, 0.3) is 0 Å². The third kappa shape index (κ3) is 47.4. The van der Waals surface area contributed by atoms with Crippen LogP contribution >= 0.6 is 0 Å². The zero-order valence-corrected chi connectivity index (χ0v) is 40.1. The van der Waals surface area contributed by atoms with Crippen LogP contribution in [0.15, 0.2) is 97.2 Å². The minimum atomic E-state index is -0.805. The van der Waals surface area contributed by atoms with Crippen molar-refractivity contribution in [3.8, 4) is 0 Å². The lowest BCUT2D eigenvalue weighted by atomic mass is 10.1. The summed E-state index contributed by atoms with van der Waals surface area (Å²) >= 11 is 0. The lowest BCUT2D eigenvalue weighted by Crippen LogP contribution is -2.30. The van der Waals surface area contributed by atoms with Crippen LogP contribution in [-0.4, -0.2) is 37.2 Å². The molecule has 6 heteroatoms. The fourth-order valence-electron chi connectivity index (χ4n) is 6.62. The first-order chi connectivity index (χ1) is 30.5. The van der Waals surface area contributed by atoms with Gasteiger partial charge in [-0.1, -0.05) is 201 Å². The maximum atomic E-state index is 12.8. The van der Waals surface area contributed by atoms with E-state index in [2.05, 4.69) is 118 Å². The molecule has 0 saturated heterocycles. The van der Waals surface area contributed by atoms with Crippen LogP contribution in [0.4, 0.5) is 0 Å². The monoisotopic (exact) mass is 861 g/mol. The Labute approximate surface area is 381 Å². The van der Waals surface area contributed by atoms with Crippen molar-refractivity contribution in [1.29, 1.82) is 0 Å². The second-order valence-electron chi connectivity index (χ2n) is 16.4. The molecule has 0 aromatic carbocycles. The maximum absolute atomic E-state index is 12.8. The summed E-state index contributed by atoms with van der Waals surface area (Å²) in [4.78, 5) is 37.9. The van der Waals surface area contributed by atoms with Crippen LogP contribution in [0.2, 0.25) is 0 Å². The van der Waals surface area contributed by atoms with Gasteiger partial charge in [0.05, 0.1) is 0 Å². The second-order valence-corrected chi connectivity index (χ2v) is 16.4. The zero-order valence-electron chi connectivity index (χ0n) is 40.1. The molecule has 0 rings (SSSR count). The van der Waals surface area contributed by atoms with Gasteiger partial charge < -0.3 is 14.2 Å². The van der Waals surface area contributed by atoms with E-state index in [0.717, 1.165) is 103 Å². The minimum absolute atomic E-state index is 0.101. The molecule has 0 N–H and O–H groups in total. The van der Waals surface area contributed by atoms with E-state index in [0.29, 0.717) is 19.3 Å². The van der Waals surface area contributed by atoms with E-state index < -0.39 is 6.10 Å². The van der Waals surface area contributed by atoms with Gasteiger partial charge in [-0.3, -0.25) is 14.4 Å². The highest BCUT2D eigenvalue weighted by Gasteiger charge is 2.19. The van der Waals surface area contributed by atoms with E-state index in [1.165, 1.54) is 77.0 Å². The van der Waals surface area contributed by atoms with Crippen molar-refractivity contribution in [2.45, 2.75) is 226 Å². The van der Waals surface area contributed by atoms with Crippen molar-refractivity contribution in [2.24, 2.45) is 0 Å². The van der Waals surface area contributed by atoms with Gasteiger partial charge in [0.2, 0.25) is 0 Å². The summed E-state index contributed by atoms with van der Waals surface area (Å²) in [5.41, 5.74) is 0. The molecule has 6 nitrogen and oxygen atoms in total. The molecule has 0 aliphatic carbocycles. The van der Waals surface area contributed by atoms with Gasteiger partial charge >= 0.3 is 17.9 Å². The lowest BCUT2D eigenvalue weighted by molar-refractivity contribution is -0.167. The Kier molecular flexibility index (Phi) is 47.0. The quantitative estimate of drug-likeness (QED) is 0.0200. The standard InChI is InChI=1S/C56H92O6/c1-4-7-10-13-16-19-22-25-26-27-28-29-30-32-34-37-40-43-46-49-55(58)61-52-53(51-60-54(57)48-45-42-39-36-33-24-21-18-15-12-9-6-3)62-56(59)50-47-44-41-38-35-31-23-20-17-14-11-8-5-2/h8-9,11-12,14,16-23,25,33,36,53H,4-7,10,13,15,24,26-32,34-35,37-52H2,1-3H3/b11-8-,12-9-,17-14-,19-16-,21-18-,23-20-,25-22-,36-33-. The van der Waals surface area contributed by atoms with E-state index >= 15 is 0 Å². The number of rotatable bonds is 44. The van der Waals surface area contributed by atoms with Gasteiger partial charge in [0, 0.05) is 19.3 Å². The fraction of sp³-hybridized carbons (Fsp3) is 0.661. The average Bonchev–Trinajstić information content (AvgIpc) is 3.27. The summed E-state index contributed by atoms with van der Waals surface area (Å²) in [6.07, 6.45) is 65.4. The first-order valence-electron chi connectivity index (χ1n) is 25.3. The summed E-state index contributed by atoms with van der Waals surface area (Å²) < 4.78 is 16.7. The molecule has 0 spiro atoms. The topological polar surface area (TPSA) is 78.9 Å². The molecule has 0 aromatic heterocycles. The number of carbonyl (C=O) groups is 3. The van der Waals surface area contributed by atoms with Crippen molar-refractivity contribution in [2.75, 3.05) is 13.2 Å². The molecular weight excluding hydrogens is 769 g/mol. The maximum Gasteiger partial charge on any atom is 0.306 e. The molecule has 0 radical (unpaired) electrons. The van der Waals surface area contributed by atoms with E-state index in [1.54, 1.807) is 0 Å². The number of hydrogen-bond acceptors (Lipinski definition) is 6. The molecule has 0 aliphatic heterocycles. The highest BCUT2D eigenvalue weighted by Crippen LogP contribution is 2.14. The van der Waals surface area contributed by atoms with Crippen molar-refractivity contribution < 1.29 is 28.6 Å². The minimum Gasteiger partial charge on any atom is -0.462 e. The lowest BCUT2D eigenvalue weighted by Gasteiger charge is -2.18. The van der Waals surface area contributed by atoms with E-state index in [9.17, 15) is 14.4 Å². The molecule has 352 valence electrons. The van der Waals surface area contributed by atoms with E-state index in [1.807, 2.05) is 0 Å². The molecule has 1 unspecified atom stereocenters. The van der Waals surface area contributed by atoms with Crippen LogP contribution in [0.3, 0.4) is 0 Å². The van der Waals surface area contributed by atoms with Crippen LogP contribution in [0.25, 0.3) is 0 Å². The number of carbonyl (C=O) groups excluding carboxylic acids is 3. The summed E-state index contributed by atoms with van der Waals surface area (Å²) in [6, 6.07) is 0. The van der Waals surface area contributed by atoms with Crippen LogP contribution < -0.4 is 0 Å². The van der Waals surface area contributed by atoms with Crippen molar-refractivity contribution in [3.63, 3.8) is 0 Å². The smallest absolute Gasteiger partial charge is 0.306 e. The number of unbranched alkanes of at least 4 members (excludes halogenated alkanes) is 20. The highest BCUT2D eigenvalue weighted by atomic mass is 16.6. The molecule has 0 fully saturated rings. The molecule has 0 saturated carbocycles. The normalized spacial score (nSPS) is 12.9. The van der Waals surface area contributed by atoms with Crippen LogP contribution in [0.1, 0.15) is 220 Å². The first kappa shape index (κ1) is 58.3. The number of ether oxygens (including phenoxy) is 3. The average molecular weight is 861 g/mol. The van der Waals surface area contributed by atoms with E-state index in [4.69, 9.17) is 14.2 Å². The van der Waals surface area contributed by atoms with Gasteiger partial charge in [-0.15, -0.1) is 0 Å². The summed E-state index contributed by atoms with van der Waals surface area (Å²) in [5, 5.41) is 0. The SMILES string of the molecule is CC\C=C/C=C\C=C/CCCCCCCC(=O)OC(COC(=O)CCCC/C=C\C/C=C\C/C=C\CC)COC(=O)CCCCCCCCCCCC/C=C\C=C/CCCCC. The van der Waals surface area contributed by atoms with Crippen molar-refractivity contribution in [1.82, 2.24) is 0 Å². The summed E-state index contributed by atoms with van der Waals surface area (Å²) in [6.45, 7) is 6.29. The Hall–Kier alpha value is -3.67. The molecule has 0 bridgehead atoms. The third-order valence-corrected chi connectivity index (χ3v) is 10.4. The van der Waals surface area contributed by atoms with E-state index in [-0.39, 0.29) is 31.1 Å². The molecule has 0 aliphatic rings. The number of allylic oxidation sites excluding steroid dienone is 16. The van der Waals surface area contributed by atoms with Gasteiger partial charge in [-0.2, -0.15) is 0 Å². The fourth-order valence-corrected chi connectivity index (χ4v) is 6.62. The predicted molar refractivity (Wildman–Crippen MR) is 265 cm³/mol. The Morgan fingerprint density at radius 3 is 1.21 bits per heavy atom. The van der Waals surface area contributed by atoms with Gasteiger partial charge in [-0.05, 0) is 96.3 Å². The highest BCUT2D eigenvalue weighted by molar-refractivity contribution is 5.71. The Balaban J connectivity index is 4.41. The van der Waals surface area contributed by atoms with Crippen LogP contribution in [0, 0.1) is 0 Å². The first-order valence-corrected chi connectivity index (χ1v) is 25.3. The number of hydrogen-bond donors (Lipinski definition) is 0. The predicted octanol–water partition coefficient (Wildman–Crippen LogP) is 16.6. The number of esters is 3. The Bertz CT molecular complexity index is 1260. The zero-order chi connectivity index (χ0) is 45.1.